The molecule has 6 heteroatoms. The third-order valence-electron chi connectivity index (χ3n) is 4.78. The number of rotatable bonds is 3. The Balaban J connectivity index is 2.12. The number of hydrogen-bond donors (Lipinski definition) is 1. The van der Waals surface area contributed by atoms with Crippen molar-refractivity contribution in [1.29, 1.82) is 0 Å². The summed E-state index contributed by atoms with van der Waals surface area (Å²) in [7, 11) is 0. The lowest BCUT2D eigenvalue weighted by Crippen LogP contribution is -2.60. The number of alkyl carbamates (subject to hydrolysis) is 1. The Bertz CT molecular complexity index is 545. The first-order valence-corrected chi connectivity index (χ1v) is 9.47. The average Bonchev–Trinajstić information content (AvgIpc) is 2.68. The van der Waals surface area contributed by atoms with E-state index in [1.807, 2.05) is 52.5 Å². The molecule has 2 fully saturated rings. The first-order chi connectivity index (χ1) is 11.8. The Morgan fingerprint density at radius 1 is 1.08 bits per heavy atom. The first kappa shape index (κ1) is 20.6. The summed E-state index contributed by atoms with van der Waals surface area (Å²) in [5, 5.41) is 3.09. The smallest absolute Gasteiger partial charge is 0.410 e. The van der Waals surface area contributed by atoms with Crippen LogP contribution in [0.25, 0.3) is 0 Å². The van der Waals surface area contributed by atoms with Crippen LogP contribution in [0.2, 0.25) is 0 Å². The molecule has 2 unspecified atom stereocenters. The van der Waals surface area contributed by atoms with Gasteiger partial charge in [-0.1, -0.05) is 6.08 Å². The van der Waals surface area contributed by atoms with Gasteiger partial charge in [-0.25, -0.2) is 9.59 Å². The fourth-order valence-electron chi connectivity index (χ4n) is 4.08. The summed E-state index contributed by atoms with van der Waals surface area (Å²) in [6.45, 7) is 15.0. The number of fused-ring (bicyclic) bond motifs is 2. The number of amides is 2. The number of nitrogens with zero attached hydrogens (tertiary/aromatic N) is 1. The van der Waals surface area contributed by atoms with Gasteiger partial charge in [-0.3, -0.25) is 0 Å². The van der Waals surface area contributed by atoms with Gasteiger partial charge in [-0.05, 0) is 73.6 Å². The fraction of sp³-hybridized carbons (Fsp3) is 0.800. The standard InChI is InChI=1S/C20H34N2O4/c1-8-11-20(21-16(23)25-18(2,3)4)12-14-9-10-15(13-20)22(14)17(24)26-19(5,6)7/h8,14-15H,1,9-13H2,2-7H3,(H,21,23). The topological polar surface area (TPSA) is 67.9 Å². The summed E-state index contributed by atoms with van der Waals surface area (Å²) in [6.07, 6.45) is 5.06. The quantitative estimate of drug-likeness (QED) is 0.752. The molecular weight excluding hydrogens is 332 g/mol. The molecular formula is C20H34N2O4. The van der Waals surface area contributed by atoms with E-state index < -0.39 is 22.8 Å². The molecule has 0 aromatic carbocycles. The minimum Gasteiger partial charge on any atom is -0.444 e. The zero-order valence-electron chi connectivity index (χ0n) is 17.1. The maximum absolute atomic E-state index is 12.6. The molecule has 6 nitrogen and oxygen atoms in total. The van der Waals surface area contributed by atoms with Crippen molar-refractivity contribution >= 4 is 12.2 Å². The Labute approximate surface area is 157 Å². The summed E-state index contributed by atoms with van der Waals surface area (Å²) in [5.74, 6) is 0. The molecule has 26 heavy (non-hydrogen) atoms. The van der Waals surface area contributed by atoms with Crippen molar-refractivity contribution in [2.24, 2.45) is 0 Å². The monoisotopic (exact) mass is 366 g/mol. The molecule has 2 heterocycles. The molecule has 0 aromatic rings. The van der Waals surface area contributed by atoms with Gasteiger partial charge < -0.3 is 19.7 Å². The summed E-state index contributed by atoms with van der Waals surface area (Å²) in [4.78, 5) is 26.9. The van der Waals surface area contributed by atoms with Crippen LogP contribution in [0.5, 0.6) is 0 Å². The zero-order valence-corrected chi connectivity index (χ0v) is 17.1. The maximum atomic E-state index is 12.6. The highest BCUT2D eigenvalue weighted by molar-refractivity contribution is 5.71. The van der Waals surface area contributed by atoms with E-state index in [9.17, 15) is 9.59 Å². The van der Waals surface area contributed by atoms with E-state index in [1.165, 1.54) is 0 Å². The predicted molar refractivity (Wildman–Crippen MR) is 101 cm³/mol. The van der Waals surface area contributed by atoms with Crippen LogP contribution in [-0.2, 0) is 9.47 Å². The minimum atomic E-state index is -0.546. The van der Waals surface area contributed by atoms with E-state index in [0.29, 0.717) is 19.3 Å². The maximum Gasteiger partial charge on any atom is 0.410 e. The van der Waals surface area contributed by atoms with Crippen molar-refractivity contribution in [3.63, 3.8) is 0 Å². The molecule has 0 saturated carbocycles. The minimum absolute atomic E-state index is 0.0680. The lowest BCUT2D eigenvalue weighted by atomic mass is 9.80. The van der Waals surface area contributed by atoms with Gasteiger partial charge in [0.25, 0.3) is 0 Å². The van der Waals surface area contributed by atoms with Crippen LogP contribution in [0.1, 0.15) is 73.6 Å². The largest absolute Gasteiger partial charge is 0.444 e. The molecule has 2 saturated heterocycles. The van der Waals surface area contributed by atoms with E-state index in [4.69, 9.17) is 9.47 Å². The molecule has 2 aliphatic rings. The van der Waals surface area contributed by atoms with Gasteiger partial charge in [0, 0.05) is 12.1 Å². The highest BCUT2D eigenvalue weighted by Gasteiger charge is 2.51. The van der Waals surface area contributed by atoms with Gasteiger partial charge in [0.2, 0.25) is 0 Å². The van der Waals surface area contributed by atoms with Crippen LogP contribution in [0.15, 0.2) is 12.7 Å². The average molecular weight is 367 g/mol. The zero-order chi connectivity index (χ0) is 19.8. The number of ether oxygens (including phenoxy) is 2. The Kier molecular flexibility index (Phi) is 5.64. The van der Waals surface area contributed by atoms with E-state index in [0.717, 1.165) is 12.8 Å². The molecule has 0 spiro atoms. The number of carbonyl (C=O) groups is 2. The number of hydrogen-bond acceptors (Lipinski definition) is 4. The Hall–Kier alpha value is -1.72. The molecule has 0 radical (unpaired) electrons. The lowest BCUT2D eigenvalue weighted by molar-refractivity contribution is -0.00627. The first-order valence-electron chi connectivity index (χ1n) is 9.47. The number of nitrogens with one attached hydrogen (secondary N) is 1. The SMILES string of the molecule is C=CCC1(NC(=O)OC(C)(C)C)CC2CCC(C1)N2C(=O)OC(C)(C)C. The van der Waals surface area contributed by atoms with Gasteiger partial charge in [0.1, 0.15) is 11.2 Å². The highest BCUT2D eigenvalue weighted by Crippen LogP contribution is 2.43. The molecule has 0 aromatic heterocycles. The van der Waals surface area contributed by atoms with Crippen LogP contribution in [-0.4, -0.2) is 45.9 Å². The highest BCUT2D eigenvalue weighted by atomic mass is 16.6. The lowest BCUT2D eigenvalue weighted by Gasteiger charge is -2.46. The Morgan fingerprint density at radius 2 is 1.58 bits per heavy atom. The number of piperidine rings is 1. The predicted octanol–water partition coefficient (Wildman–Crippen LogP) is 4.39. The van der Waals surface area contributed by atoms with Crippen LogP contribution in [0.3, 0.4) is 0 Å². The van der Waals surface area contributed by atoms with E-state index in [-0.39, 0.29) is 18.2 Å². The molecule has 1 N–H and O–H groups in total. The van der Waals surface area contributed by atoms with Gasteiger partial charge in [0.15, 0.2) is 0 Å². The molecule has 2 amide bonds. The summed E-state index contributed by atoms with van der Waals surface area (Å²) < 4.78 is 11.0. The van der Waals surface area contributed by atoms with Crippen LogP contribution in [0.4, 0.5) is 9.59 Å². The van der Waals surface area contributed by atoms with E-state index >= 15 is 0 Å². The normalized spacial score (nSPS) is 28.5. The second kappa shape index (κ2) is 7.12. The van der Waals surface area contributed by atoms with Gasteiger partial charge in [-0.2, -0.15) is 0 Å². The second-order valence-electron chi connectivity index (χ2n) is 9.58. The third kappa shape index (κ3) is 5.15. The van der Waals surface area contributed by atoms with Crippen molar-refractivity contribution in [3.8, 4) is 0 Å². The molecule has 2 bridgehead atoms. The van der Waals surface area contributed by atoms with E-state index in [1.54, 1.807) is 0 Å². The van der Waals surface area contributed by atoms with Gasteiger partial charge in [-0.15, -0.1) is 6.58 Å². The molecule has 2 aliphatic heterocycles. The van der Waals surface area contributed by atoms with Crippen molar-refractivity contribution in [2.75, 3.05) is 0 Å². The third-order valence-corrected chi connectivity index (χ3v) is 4.78. The van der Waals surface area contributed by atoms with Crippen LogP contribution in [0, 0.1) is 0 Å². The van der Waals surface area contributed by atoms with Crippen molar-refractivity contribution in [3.05, 3.63) is 12.7 Å². The summed E-state index contributed by atoms with van der Waals surface area (Å²) in [5.41, 5.74) is -1.48. The Morgan fingerprint density at radius 3 is 2.00 bits per heavy atom. The van der Waals surface area contributed by atoms with Gasteiger partial charge >= 0.3 is 12.2 Å². The van der Waals surface area contributed by atoms with Crippen molar-refractivity contribution < 1.29 is 19.1 Å². The van der Waals surface area contributed by atoms with Crippen molar-refractivity contribution in [1.82, 2.24) is 10.2 Å². The van der Waals surface area contributed by atoms with E-state index in [2.05, 4.69) is 11.9 Å². The molecule has 2 rings (SSSR count). The summed E-state index contributed by atoms with van der Waals surface area (Å²) >= 11 is 0. The van der Waals surface area contributed by atoms with Gasteiger partial charge in [0.05, 0.1) is 5.54 Å². The molecule has 148 valence electrons. The van der Waals surface area contributed by atoms with Crippen LogP contribution < -0.4 is 5.32 Å². The summed E-state index contributed by atoms with van der Waals surface area (Å²) in [6, 6.07) is 0.136. The number of carbonyl (C=O) groups excluding carboxylic acids is 2. The van der Waals surface area contributed by atoms with Crippen LogP contribution >= 0.6 is 0 Å². The molecule has 2 atom stereocenters. The molecule has 0 aliphatic carbocycles. The second-order valence-corrected chi connectivity index (χ2v) is 9.58. The van der Waals surface area contributed by atoms with Crippen molar-refractivity contribution in [2.45, 2.75) is 102 Å². The fourth-order valence-corrected chi connectivity index (χ4v) is 4.08.